The van der Waals surface area contributed by atoms with E-state index in [0.717, 1.165) is 31.4 Å². The Morgan fingerprint density at radius 3 is 2.40 bits per heavy atom. The molecule has 45 heavy (non-hydrogen) atoms. The lowest BCUT2D eigenvalue weighted by Crippen LogP contribution is -2.53. The van der Waals surface area contributed by atoms with Crippen LogP contribution in [0.4, 0.5) is 0 Å². The van der Waals surface area contributed by atoms with Gasteiger partial charge in [0.25, 0.3) is 15.9 Å². The van der Waals surface area contributed by atoms with Crippen LogP contribution in [-0.4, -0.2) is 60.5 Å². The summed E-state index contributed by atoms with van der Waals surface area (Å²) in [5.74, 6) is -1.35. The summed E-state index contributed by atoms with van der Waals surface area (Å²) in [6, 6.07) is 29.4. The van der Waals surface area contributed by atoms with E-state index in [1.54, 1.807) is 24.3 Å². The number of nitrogens with one attached hydrogen (secondary N) is 2. The summed E-state index contributed by atoms with van der Waals surface area (Å²) < 4.78 is 27.4. The second kappa shape index (κ2) is 13.0. The molecule has 0 bridgehead atoms. The van der Waals surface area contributed by atoms with Gasteiger partial charge >= 0.3 is 0 Å². The molecule has 1 saturated heterocycles. The Labute approximate surface area is 261 Å². The normalized spacial score (nSPS) is 16.6. The van der Waals surface area contributed by atoms with Gasteiger partial charge in [0.2, 0.25) is 5.91 Å². The fourth-order valence-corrected chi connectivity index (χ4v) is 7.10. The van der Waals surface area contributed by atoms with Crippen LogP contribution in [0.15, 0.2) is 114 Å². The zero-order valence-electron chi connectivity index (χ0n) is 24.4. The molecule has 0 saturated carbocycles. The van der Waals surface area contributed by atoms with Crippen molar-refractivity contribution in [1.29, 1.82) is 0 Å². The number of fused-ring (bicyclic) bond motifs is 2. The molecule has 4 aromatic carbocycles. The highest BCUT2D eigenvalue weighted by Crippen LogP contribution is 2.21. The Kier molecular flexibility index (Phi) is 8.68. The van der Waals surface area contributed by atoms with Gasteiger partial charge in [-0.05, 0) is 58.1 Å². The number of rotatable bonds is 8. The van der Waals surface area contributed by atoms with Crippen molar-refractivity contribution in [3.63, 3.8) is 0 Å². The molecule has 1 aliphatic rings. The second-order valence-corrected chi connectivity index (χ2v) is 13.0. The molecule has 1 fully saturated rings. The minimum Gasteiger partial charge on any atom is -0.344 e. The Bertz CT molecular complexity index is 1990. The van der Waals surface area contributed by atoms with Crippen LogP contribution in [-0.2, 0) is 26.0 Å². The third-order valence-corrected chi connectivity index (χ3v) is 9.85. The van der Waals surface area contributed by atoms with Crippen LogP contribution in [0.5, 0.6) is 0 Å². The molecule has 5 aromatic rings. The Hall–Kier alpha value is -4.93. The minimum atomic E-state index is -3.98. The van der Waals surface area contributed by atoms with Crippen molar-refractivity contribution in [3.8, 4) is 0 Å². The molecule has 6 rings (SSSR count). The molecular weight excluding hydrogens is 588 g/mol. The predicted molar refractivity (Wildman–Crippen MR) is 172 cm³/mol. The number of ketones is 1. The van der Waals surface area contributed by atoms with Gasteiger partial charge in [0.05, 0.1) is 12.6 Å². The summed E-state index contributed by atoms with van der Waals surface area (Å²) in [6.45, 7) is -0.267. The largest absolute Gasteiger partial charge is 0.344 e. The molecule has 1 aliphatic heterocycles. The average molecular weight is 621 g/mol. The molecule has 228 valence electrons. The summed E-state index contributed by atoms with van der Waals surface area (Å²) in [4.78, 5) is 44.8. The van der Waals surface area contributed by atoms with E-state index in [2.05, 4.69) is 15.6 Å². The van der Waals surface area contributed by atoms with Gasteiger partial charge in [-0.25, -0.2) is 13.4 Å². The lowest BCUT2D eigenvalue weighted by molar-refractivity contribution is -0.128. The standard InChI is InChI=1S/C35H32N4O5S/c40-32-23-39(45(43,44)33-16-5-6-19-36-33)20-8-15-30(32)37-35(42)31(22-24-17-18-25-9-1-2-11-27(25)21-24)38-34(41)29-14-7-12-26-10-3-4-13-28(26)29/h1-7,9-14,16-19,21,30-31H,8,15,20,22-23H2,(H,37,42)(H,38,41)/t30-,31?/m0/s1. The van der Waals surface area contributed by atoms with E-state index < -0.39 is 39.7 Å². The number of carbonyl (C=O) groups is 3. The van der Waals surface area contributed by atoms with Gasteiger partial charge in [0, 0.05) is 24.7 Å². The Balaban J connectivity index is 1.24. The Morgan fingerprint density at radius 1 is 0.867 bits per heavy atom. The highest BCUT2D eigenvalue weighted by molar-refractivity contribution is 7.89. The number of carbonyl (C=O) groups excluding carboxylic acids is 3. The number of hydrogen-bond donors (Lipinski definition) is 2. The van der Waals surface area contributed by atoms with E-state index in [9.17, 15) is 22.8 Å². The number of pyridine rings is 1. The fraction of sp³-hybridized carbons (Fsp3) is 0.200. The fourth-order valence-electron chi connectivity index (χ4n) is 5.73. The Morgan fingerprint density at radius 2 is 1.60 bits per heavy atom. The van der Waals surface area contributed by atoms with Gasteiger partial charge in [-0.15, -0.1) is 0 Å². The third kappa shape index (κ3) is 6.62. The molecule has 0 radical (unpaired) electrons. The third-order valence-electron chi connectivity index (χ3n) is 8.09. The first kappa shape index (κ1) is 30.1. The van der Waals surface area contributed by atoms with Crippen molar-refractivity contribution >= 4 is 49.2 Å². The number of amides is 2. The van der Waals surface area contributed by atoms with Gasteiger partial charge in [-0.1, -0.05) is 84.9 Å². The van der Waals surface area contributed by atoms with E-state index in [-0.39, 0.29) is 31.0 Å². The maximum atomic E-state index is 13.8. The van der Waals surface area contributed by atoms with Crippen LogP contribution >= 0.6 is 0 Å². The number of nitrogens with zero attached hydrogens (tertiary/aromatic N) is 2. The number of sulfonamides is 1. The van der Waals surface area contributed by atoms with E-state index in [4.69, 9.17) is 0 Å². The first-order chi connectivity index (χ1) is 21.8. The van der Waals surface area contributed by atoms with Crippen LogP contribution in [0.1, 0.15) is 28.8 Å². The monoisotopic (exact) mass is 620 g/mol. The van der Waals surface area contributed by atoms with Crippen LogP contribution < -0.4 is 10.6 Å². The molecule has 10 heteroatoms. The van der Waals surface area contributed by atoms with Crippen molar-refractivity contribution in [3.05, 3.63) is 120 Å². The molecule has 1 unspecified atom stereocenters. The summed E-state index contributed by atoms with van der Waals surface area (Å²) in [6.07, 6.45) is 2.20. The zero-order valence-corrected chi connectivity index (χ0v) is 25.2. The van der Waals surface area contributed by atoms with E-state index in [1.165, 1.54) is 12.3 Å². The summed E-state index contributed by atoms with van der Waals surface area (Å²) in [7, 11) is -3.98. The lowest BCUT2D eigenvalue weighted by atomic mass is 9.99. The van der Waals surface area contributed by atoms with Crippen LogP contribution in [0.25, 0.3) is 21.5 Å². The molecule has 9 nitrogen and oxygen atoms in total. The maximum absolute atomic E-state index is 13.8. The molecule has 2 heterocycles. The summed E-state index contributed by atoms with van der Waals surface area (Å²) >= 11 is 0. The molecule has 1 aromatic heterocycles. The minimum absolute atomic E-state index is 0.120. The SMILES string of the molecule is O=C(NC(Cc1ccc2ccccc2c1)C(=O)N[C@H]1CCCN(S(=O)(=O)c2ccccn2)CC1=O)c1cccc2ccccc12. The van der Waals surface area contributed by atoms with Crippen LogP contribution in [0.3, 0.4) is 0 Å². The van der Waals surface area contributed by atoms with Crippen molar-refractivity contribution in [1.82, 2.24) is 19.9 Å². The van der Waals surface area contributed by atoms with Gasteiger partial charge < -0.3 is 10.6 Å². The number of Topliss-reactive ketones (excluding diaryl/α,β-unsaturated/α-hetero) is 1. The second-order valence-electron chi connectivity index (χ2n) is 11.1. The summed E-state index contributed by atoms with van der Waals surface area (Å²) in [5.41, 5.74) is 1.28. The van der Waals surface area contributed by atoms with Crippen molar-refractivity contribution in [2.75, 3.05) is 13.1 Å². The zero-order chi connectivity index (χ0) is 31.4. The quantitative estimate of drug-likeness (QED) is 0.267. The van der Waals surface area contributed by atoms with E-state index in [0.29, 0.717) is 12.0 Å². The number of benzene rings is 4. The van der Waals surface area contributed by atoms with E-state index >= 15 is 0 Å². The molecule has 2 amide bonds. The average Bonchev–Trinajstić information content (AvgIpc) is 3.25. The van der Waals surface area contributed by atoms with Crippen LogP contribution in [0.2, 0.25) is 0 Å². The molecule has 0 aliphatic carbocycles. The predicted octanol–water partition coefficient (Wildman–Crippen LogP) is 4.27. The first-order valence-corrected chi connectivity index (χ1v) is 16.2. The molecule has 0 spiro atoms. The van der Waals surface area contributed by atoms with E-state index in [1.807, 2.05) is 72.8 Å². The highest BCUT2D eigenvalue weighted by atomic mass is 32.2. The van der Waals surface area contributed by atoms with Crippen molar-refractivity contribution in [2.45, 2.75) is 36.4 Å². The topological polar surface area (TPSA) is 126 Å². The summed E-state index contributed by atoms with van der Waals surface area (Å²) in [5, 5.41) is 9.33. The maximum Gasteiger partial charge on any atom is 0.260 e. The number of hydrogen-bond acceptors (Lipinski definition) is 6. The molecule has 2 N–H and O–H groups in total. The number of aromatic nitrogens is 1. The highest BCUT2D eigenvalue weighted by Gasteiger charge is 2.35. The van der Waals surface area contributed by atoms with Gasteiger partial charge in [0.15, 0.2) is 10.8 Å². The van der Waals surface area contributed by atoms with Crippen molar-refractivity contribution < 1.29 is 22.8 Å². The van der Waals surface area contributed by atoms with Crippen molar-refractivity contribution in [2.24, 2.45) is 0 Å². The molecule has 2 atom stereocenters. The van der Waals surface area contributed by atoms with Gasteiger partial charge in [-0.2, -0.15) is 4.31 Å². The van der Waals surface area contributed by atoms with Gasteiger partial charge in [-0.3, -0.25) is 14.4 Å². The molecular formula is C35H32N4O5S. The smallest absolute Gasteiger partial charge is 0.260 e. The first-order valence-electron chi connectivity index (χ1n) is 14.8. The van der Waals surface area contributed by atoms with Gasteiger partial charge in [0.1, 0.15) is 6.04 Å². The van der Waals surface area contributed by atoms with Crippen LogP contribution in [0, 0.1) is 0 Å². The lowest BCUT2D eigenvalue weighted by Gasteiger charge is -2.23.